The highest BCUT2D eigenvalue weighted by atomic mass is 16.5. The molecule has 2 aromatic rings. The number of benzene rings is 1. The molecule has 0 saturated carbocycles. The van der Waals surface area contributed by atoms with E-state index in [2.05, 4.69) is 45.5 Å². The molecule has 0 amide bonds. The van der Waals surface area contributed by atoms with Gasteiger partial charge in [-0.1, -0.05) is 30.3 Å². The van der Waals surface area contributed by atoms with Gasteiger partial charge in [0.15, 0.2) is 0 Å². The molecule has 3 aliphatic rings. The van der Waals surface area contributed by atoms with Gasteiger partial charge in [0.05, 0.1) is 19.3 Å². The zero-order valence-corrected chi connectivity index (χ0v) is 16.2. The molecule has 3 aliphatic heterocycles. The quantitative estimate of drug-likeness (QED) is 0.880. The summed E-state index contributed by atoms with van der Waals surface area (Å²) in [7, 11) is 0. The van der Waals surface area contributed by atoms with Gasteiger partial charge in [-0.25, -0.2) is 4.98 Å². The fourth-order valence-corrected chi connectivity index (χ4v) is 4.92. The predicted octanol–water partition coefficient (Wildman–Crippen LogP) is 3.08. The van der Waals surface area contributed by atoms with Gasteiger partial charge in [-0.3, -0.25) is 0 Å². The smallest absolute Gasteiger partial charge is 0.227 e. The number of anilines is 2. The van der Waals surface area contributed by atoms with Crippen LogP contribution in [0, 0.1) is 5.92 Å². The van der Waals surface area contributed by atoms with Crippen molar-refractivity contribution in [3.63, 3.8) is 0 Å². The third kappa shape index (κ3) is 3.59. The van der Waals surface area contributed by atoms with E-state index in [0.29, 0.717) is 23.9 Å². The average molecular weight is 380 g/mol. The maximum absolute atomic E-state index is 5.85. The fourth-order valence-electron chi connectivity index (χ4n) is 4.92. The van der Waals surface area contributed by atoms with Gasteiger partial charge in [0.2, 0.25) is 5.95 Å². The number of nitrogens with zero attached hydrogens (tertiary/aromatic N) is 3. The second-order valence-corrected chi connectivity index (χ2v) is 8.06. The molecule has 148 valence electrons. The van der Waals surface area contributed by atoms with Crippen molar-refractivity contribution in [2.24, 2.45) is 5.92 Å². The topological polar surface area (TPSA) is 59.5 Å². The van der Waals surface area contributed by atoms with Gasteiger partial charge in [-0.15, -0.1) is 0 Å². The van der Waals surface area contributed by atoms with Crippen LogP contribution in [-0.4, -0.2) is 55.0 Å². The van der Waals surface area contributed by atoms with Crippen molar-refractivity contribution in [2.45, 2.75) is 37.3 Å². The third-order valence-corrected chi connectivity index (χ3v) is 6.31. The molecular weight excluding hydrogens is 352 g/mol. The molecule has 6 heteroatoms. The first kappa shape index (κ1) is 17.9. The molecule has 1 N–H and O–H groups in total. The molecule has 4 heterocycles. The summed E-state index contributed by atoms with van der Waals surface area (Å²) in [6, 6.07) is 13.6. The second kappa shape index (κ2) is 8.05. The first-order chi connectivity index (χ1) is 13.9. The monoisotopic (exact) mass is 380 g/mol. The highest BCUT2D eigenvalue weighted by molar-refractivity contribution is 5.45. The highest BCUT2D eigenvalue weighted by Gasteiger charge is 2.45. The minimum atomic E-state index is 0.336. The van der Waals surface area contributed by atoms with Crippen LogP contribution in [0.15, 0.2) is 42.6 Å². The lowest BCUT2D eigenvalue weighted by molar-refractivity contribution is 0.0460. The van der Waals surface area contributed by atoms with E-state index in [1.807, 2.05) is 12.3 Å². The Kier molecular flexibility index (Phi) is 5.14. The van der Waals surface area contributed by atoms with Crippen LogP contribution in [0.25, 0.3) is 0 Å². The molecule has 6 nitrogen and oxygen atoms in total. The summed E-state index contributed by atoms with van der Waals surface area (Å²) < 4.78 is 11.4. The van der Waals surface area contributed by atoms with Crippen LogP contribution < -0.4 is 10.2 Å². The summed E-state index contributed by atoms with van der Waals surface area (Å²) >= 11 is 0. The molecule has 0 aliphatic carbocycles. The first-order valence-electron chi connectivity index (χ1n) is 10.4. The van der Waals surface area contributed by atoms with Crippen molar-refractivity contribution in [2.75, 3.05) is 43.2 Å². The number of aromatic nitrogens is 2. The van der Waals surface area contributed by atoms with Crippen LogP contribution >= 0.6 is 0 Å². The molecule has 1 aromatic heterocycles. The summed E-state index contributed by atoms with van der Waals surface area (Å²) in [6.45, 7) is 4.20. The Bertz CT molecular complexity index is 781. The number of fused-ring (bicyclic) bond motifs is 1. The third-order valence-electron chi connectivity index (χ3n) is 6.31. The van der Waals surface area contributed by atoms with Crippen LogP contribution in [0.3, 0.4) is 0 Å². The SMILES string of the molecule is c1ccc([C@@H]2CN(c3nccc(N[C@@H]4CCCOC4)n3)[C@@H]3CCOC[C@H]32)cc1. The van der Waals surface area contributed by atoms with Crippen LogP contribution in [0.1, 0.15) is 30.7 Å². The minimum Gasteiger partial charge on any atom is -0.381 e. The zero-order valence-electron chi connectivity index (χ0n) is 16.2. The van der Waals surface area contributed by atoms with E-state index in [1.165, 1.54) is 5.56 Å². The molecule has 1 aromatic carbocycles. The summed E-state index contributed by atoms with van der Waals surface area (Å²) in [5, 5.41) is 3.53. The Labute approximate surface area is 166 Å². The number of hydrogen-bond donors (Lipinski definition) is 1. The van der Waals surface area contributed by atoms with E-state index in [1.54, 1.807) is 0 Å². The molecule has 3 saturated heterocycles. The van der Waals surface area contributed by atoms with Crippen LogP contribution in [0.5, 0.6) is 0 Å². The van der Waals surface area contributed by atoms with Gasteiger partial charge in [0, 0.05) is 43.8 Å². The lowest BCUT2D eigenvalue weighted by Crippen LogP contribution is -2.39. The Hall–Kier alpha value is -2.18. The van der Waals surface area contributed by atoms with Crippen molar-refractivity contribution in [3.8, 4) is 0 Å². The molecule has 4 atom stereocenters. The molecule has 0 radical (unpaired) electrons. The molecule has 0 unspecified atom stereocenters. The number of nitrogens with one attached hydrogen (secondary N) is 1. The standard InChI is InChI=1S/C22H28N4O2/c1-2-5-16(6-3-1)18-13-26(20-9-12-28-15-19(18)20)22-23-10-8-21(25-22)24-17-7-4-11-27-14-17/h1-3,5-6,8,10,17-20H,4,7,9,11-15H2,(H,23,24,25)/t17-,18+,19+,20-/m1/s1. The molecule has 3 fully saturated rings. The van der Waals surface area contributed by atoms with Crippen molar-refractivity contribution < 1.29 is 9.47 Å². The van der Waals surface area contributed by atoms with Crippen molar-refractivity contribution in [1.82, 2.24) is 9.97 Å². The Morgan fingerprint density at radius 3 is 2.75 bits per heavy atom. The van der Waals surface area contributed by atoms with Crippen LogP contribution in [-0.2, 0) is 9.47 Å². The van der Waals surface area contributed by atoms with Crippen LogP contribution in [0.2, 0.25) is 0 Å². The lowest BCUT2D eigenvalue weighted by atomic mass is 9.84. The van der Waals surface area contributed by atoms with E-state index in [-0.39, 0.29) is 0 Å². The Morgan fingerprint density at radius 1 is 1.00 bits per heavy atom. The largest absolute Gasteiger partial charge is 0.381 e. The molecule has 0 spiro atoms. The molecular formula is C22H28N4O2. The van der Waals surface area contributed by atoms with E-state index in [4.69, 9.17) is 14.5 Å². The van der Waals surface area contributed by atoms with Crippen LogP contribution in [0.4, 0.5) is 11.8 Å². The number of hydrogen-bond acceptors (Lipinski definition) is 6. The Morgan fingerprint density at radius 2 is 1.89 bits per heavy atom. The first-order valence-corrected chi connectivity index (χ1v) is 10.4. The summed E-state index contributed by atoms with van der Waals surface area (Å²) in [6.07, 6.45) is 5.13. The summed E-state index contributed by atoms with van der Waals surface area (Å²) in [4.78, 5) is 11.9. The van der Waals surface area contributed by atoms with E-state index >= 15 is 0 Å². The second-order valence-electron chi connectivity index (χ2n) is 8.06. The highest BCUT2D eigenvalue weighted by Crippen LogP contribution is 2.42. The van der Waals surface area contributed by atoms with Gasteiger partial charge in [-0.05, 0) is 30.9 Å². The van der Waals surface area contributed by atoms with E-state index < -0.39 is 0 Å². The van der Waals surface area contributed by atoms with Gasteiger partial charge in [0.1, 0.15) is 5.82 Å². The summed E-state index contributed by atoms with van der Waals surface area (Å²) in [5.74, 6) is 2.67. The zero-order chi connectivity index (χ0) is 18.8. The van der Waals surface area contributed by atoms with Gasteiger partial charge >= 0.3 is 0 Å². The van der Waals surface area contributed by atoms with Crippen molar-refractivity contribution >= 4 is 11.8 Å². The Balaban J connectivity index is 1.38. The predicted molar refractivity (Wildman–Crippen MR) is 109 cm³/mol. The summed E-state index contributed by atoms with van der Waals surface area (Å²) in [5.41, 5.74) is 1.39. The molecule has 28 heavy (non-hydrogen) atoms. The fraction of sp³-hybridized carbons (Fsp3) is 0.545. The van der Waals surface area contributed by atoms with E-state index in [0.717, 1.165) is 64.0 Å². The van der Waals surface area contributed by atoms with Gasteiger partial charge < -0.3 is 19.7 Å². The number of rotatable bonds is 4. The lowest BCUT2D eigenvalue weighted by Gasteiger charge is -2.32. The maximum Gasteiger partial charge on any atom is 0.227 e. The van der Waals surface area contributed by atoms with Gasteiger partial charge in [-0.2, -0.15) is 4.98 Å². The maximum atomic E-state index is 5.85. The number of ether oxygens (including phenoxy) is 2. The normalized spacial score (nSPS) is 30.1. The average Bonchev–Trinajstić information content (AvgIpc) is 3.15. The van der Waals surface area contributed by atoms with Crippen molar-refractivity contribution in [1.29, 1.82) is 0 Å². The van der Waals surface area contributed by atoms with E-state index in [9.17, 15) is 0 Å². The molecule has 0 bridgehead atoms. The van der Waals surface area contributed by atoms with Crippen molar-refractivity contribution in [3.05, 3.63) is 48.2 Å². The minimum absolute atomic E-state index is 0.336. The van der Waals surface area contributed by atoms with Gasteiger partial charge in [0.25, 0.3) is 0 Å². The molecule has 5 rings (SSSR count).